The maximum Gasteiger partial charge on any atom is 0.276 e. The van der Waals surface area contributed by atoms with E-state index in [1.807, 2.05) is 0 Å². The summed E-state index contributed by atoms with van der Waals surface area (Å²) in [6.45, 7) is 2.13. The van der Waals surface area contributed by atoms with Gasteiger partial charge in [-0.3, -0.25) is 9.89 Å². The van der Waals surface area contributed by atoms with Gasteiger partial charge in [-0.15, -0.1) is 0 Å². The van der Waals surface area contributed by atoms with Crippen molar-refractivity contribution in [2.24, 2.45) is 5.92 Å². The summed E-state index contributed by atoms with van der Waals surface area (Å²) in [5, 5.41) is 19.1. The van der Waals surface area contributed by atoms with E-state index in [-0.39, 0.29) is 11.4 Å². The Morgan fingerprint density at radius 1 is 1.52 bits per heavy atom. The van der Waals surface area contributed by atoms with Gasteiger partial charge < -0.3 is 10.4 Å². The van der Waals surface area contributed by atoms with Crippen molar-refractivity contribution in [2.75, 3.05) is 5.32 Å². The second kappa shape index (κ2) is 5.20. The number of benzene rings is 1. The molecule has 3 N–H and O–H groups in total. The first-order chi connectivity index (χ1) is 10.0. The fourth-order valence-electron chi connectivity index (χ4n) is 2.65. The summed E-state index contributed by atoms with van der Waals surface area (Å²) >= 11 is 0. The van der Waals surface area contributed by atoms with Gasteiger partial charge in [0, 0.05) is 17.3 Å². The Bertz CT molecular complexity index is 696. The minimum Gasteiger partial charge on any atom is -0.506 e. The monoisotopic (exact) mass is 289 g/mol. The van der Waals surface area contributed by atoms with E-state index >= 15 is 0 Å². The van der Waals surface area contributed by atoms with E-state index in [1.54, 1.807) is 0 Å². The number of phenols is 1. The number of anilines is 1. The number of aryl methyl sites for hydroxylation is 1. The van der Waals surface area contributed by atoms with Gasteiger partial charge in [0.2, 0.25) is 0 Å². The molecule has 2 aromatic rings. The SMILES string of the molecule is CC1CCc2[nH]nc(C(=O)Nc3cc(F)ccc3O)c2C1. The Hall–Kier alpha value is -2.37. The second-order valence-electron chi connectivity index (χ2n) is 5.49. The molecule has 0 bridgehead atoms. The van der Waals surface area contributed by atoms with E-state index in [9.17, 15) is 14.3 Å². The number of carbonyl (C=O) groups is 1. The molecule has 1 atom stereocenters. The largest absolute Gasteiger partial charge is 0.506 e. The Morgan fingerprint density at radius 3 is 3.14 bits per heavy atom. The number of aromatic amines is 1. The van der Waals surface area contributed by atoms with Gasteiger partial charge >= 0.3 is 0 Å². The third-order valence-corrected chi connectivity index (χ3v) is 3.81. The van der Waals surface area contributed by atoms with Crippen LogP contribution in [0, 0.1) is 11.7 Å². The molecule has 1 unspecified atom stereocenters. The first-order valence-corrected chi connectivity index (χ1v) is 6.90. The molecule has 1 aromatic carbocycles. The lowest BCUT2D eigenvalue weighted by molar-refractivity contribution is 0.102. The molecule has 1 aliphatic carbocycles. The van der Waals surface area contributed by atoms with Crippen molar-refractivity contribution in [2.45, 2.75) is 26.2 Å². The van der Waals surface area contributed by atoms with Crippen LogP contribution in [0.2, 0.25) is 0 Å². The summed E-state index contributed by atoms with van der Waals surface area (Å²) in [6.07, 6.45) is 2.74. The van der Waals surface area contributed by atoms with Crippen molar-refractivity contribution in [1.82, 2.24) is 10.2 Å². The first-order valence-electron chi connectivity index (χ1n) is 6.90. The summed E-state index contributed by atoms with van der Waals surface area (Å²) in [5.41, 5.74) is 2.27. The molecule has 0 aliphatic heterocycles. The molecule has 5 nitrogen and oxygen atoms in total. The molecule has 3 rings (SSSR count). The van der Waals surface area contributed by atoms with Crippen molar-refractivity contribution < 1.29 is 14.3 Å². The summed E-state index contributed by atoms with van der Waals surface area (Å²) in [7, 11) is 0. The summed E-state index contributed by atoms with van der Waals surface area (Å²) in [5.74, 6) is -0.643. The van der Waals surface area contributed by atoms with E-state index in [1.165, 1.54) is 6.07 Å². The lowest BCUT2D eigenvalue weighted by Gasteiger charge is -2.18. The molecule has 0 radical (unpaired) electrons. The highest BCUT2D eigenvalue weighted by Crippen LogP contribution is 2.28. The molecule has 0 fully saturated rings. The zero-order valence-corrected chi connectivity index (χ0v) is 11.6. The fraction of sp³-hybridized carbons (Fsp3) is 0.333. The van der Waals surface area contributed by atoms with Gasteiger partial charge in [0.05, 0.1) is 5.69 Å². The van der Waals surface area contributed by atoms with E-state index in [0.717, 1.165) is 42.7 Å². The lowest BCUT2D eigenvalue weighted by Crippen LogP contribution is -2.18. The maximum absolute atomic E-state index is 13.2. The number of amides is 1. The van der Waals surface area contributed by atoms with Crippen molar-refractivity contribution in [1.29, 1.82) is 0 Å². The van der Waals surface area contributed by atoms with Crippen molar-refractivity contribution in [3.8, 4) is 5.75 Å². The number of nitrogens with one attached hydrogen (secondary N) is 2. The zero-order valence-electron chi connectivity index (χ0n) is 11.6. The molecule has 110 valence electrons. The van der Waals surface area contributed by atoms with Gasteiger partial charge in [0.25, 0.3) is 5.91 Å². The Labute approximate surface area is 121 Å². The summed E-state index contributed by atoms with van der Waals surface area (Å²) < 4.78 is 13.2. The number of hydrogen-bond acceptors (Lipinski definition) is 3. The number of carbonyl (C=O) groups excluding carboxylic acids is 1. The Balaban J connectivity index is 1.86. The van der Waals surface area contributed by atoms with Crippen LogP contribution in [0.15, 0.2) is 18.2 Å². The topological polar surface area (TPSA) is 78.0 Å². The maximum atomic E-state index is 13.2. The average Bonchev–Trinajstić information content (AvgIpc) is 2.85. The number of aromatic nitrogens is 2. The number of aromatic hydroxyl groups is 1. The van der Waals surface area contributed by atoms with Gasteiger partial charge in [-0.05, 0) is 37.3 Å². The third kappa shape index (κ3) is 2.61. The minimum atomic E-state index is -0.527. The predicted octanol–water partition coefficient (Wildman–Crippen LogP) is 2.63. The number of halogens is 1. The molecule has 0 spiro atoms. The minimum absolute atomic E-state index is 0.0422. The summed E-state index contributed by atoms with van der Waals surface area (Å²) in [6, 6.07) is 3.41. The Kier molecular flexibility index (Phi) is 3.37. The van der Waals surface area contributed by atoms with Crippen LogP contribution >= 0.6 is 0 Å². The molecule has 1 heterocycles. The van der Waals surface area contributed by atoms with Crippen LogP contribution in [0.5, 0.6) is 5.75 Å². The van der Waals surface area contributed by atoms with Gasteiger partial charge in [-0.2, -0.15) is 5.10 Å². The molecule has 0 saturated carbocycles. The third-order valence-electron chi connectivity index (χ3n) is 3.81. The molecule has 1 aromatic heterocycles. The van der Waals surface area contributed by atoms with Crippen LogP contribution < -0.4 is 5.32 Å². The van der Waals surface area contributed by atoms with Crippen LogP contribution in [0.1, 0.15) is 35.1 Å². The number of fused-ring (bicyclic) bond motifs is 1. The molecule has 1 aliphatic rings. The van der Waals surface area contributed by atoms with Gasteiger partial charge in [-0.25, -0.2) is 4.39 Å². The van der Waals surface area contributed by atoms with E-state index in [0.29, 0.717) is 11.6 Å². The standard InChI is InChI=1S/C15H16FN3O2/c1-8-2-4-11-10(6-8)14(19-18-11)15(21)17-12-7-9(16)3-5-13(12)20/h3,5,7-8,20H,2,4,6H2,1H3,(H,17,21)(H,18,19). The van der Waals surface area contributed by atoms with Gasteiger partial charge in [0.1, 0.15) is 11.6 Å². The van der Waals surface area contributed by atoms with Crippen LogP contribution in [0.25, 0.3) is 0 Å². The smallest absolute Gasteiger partial charge is 0.276 e. The van der Waals surface area contributed by atoms with Gasteiger partial charge in [-0.1, -0.05) is 6.92 Å². The second-order valence-corrected chi connectivity index (χ2v) is 5.49. The normalized spacial score (nSPS) is 17.3. The molecule has 1 amide bonds. The van der Waals surface area contributed by atoms with E-state index in [4.69, 9.17) is 0 Å². The number of rotatable bonds is 2. The molecule has 6 heteroatoms. The number of H-pyrrole nitrogens is 1. The zero-order chi connectivity index (χ0) is 15.0. The molecular formula is C15H16FN3O2. The number of nitrogens with zero attached hydrogens (tertiary/aromatic N) is 1. The summed E-state index contributed by atoms with van der Waals surface area (Å²) in [4.78, 5) is 12.3. The molecule has 0 saturated heterocycles. The van der Waals surface area contributed by atoms with E-state index < -0.39 is 11.7 Å². The van der Waals surface area contributed by atoms with Gasteiger partial charge in [0.15, 0.2) is 5.69 Å². The van der Waals surface area contributed by atoms with Crippen molar-refractivity contribution in [3.63, 3.8) is 0 Å². The van der Waals surface area contributed by atoms with Crippen LogP contribution in [0.3, 0.4) is 0 Å². The van der Waals surface area contributed by atoms with Crippen molar-refractivity contribution >= 4 is 11.6 Å². The lowest BCUT2D eigenvalue weighted by atomic mass is 9.87. The Morgan fingerprint density at radius 2 is 2.33 bits per heavy atom. The van der Waals surface area contributed by atoms with Crippen LogP contribution in [-0.2, 0) is 12.8 Å². The number of hydrogen-bond donors (Lipinski definition) is 3. The average molecular weight is 289 g/mol. The highest BCUT2D eigenvalue weighted by Gasteiger charge is 2.25. The quantitative estimate of drug-likeness (QED) is 0.744. The van der Waals surface area contributed by atoms with Crippen molar-refractivity contribution in [3.05, 3.63) is 41.0 Å². The van der Waals surface area contributed by atoms with Crippen LogP contribution in [-0.4, -0.2) is 21.2 Å². The predicted molar refractivity (Wildman–Crippen MR) is 75.8 cm³/mol. The fourth-order valence-corrected chi connectivity index (χ4v) is 2.65. The highest BCUT2D eigenvalue weighted by atomic mass is 19.1. The molecule has 21 heavy (non-hydrogen) atoms. The first kappa shape index (κ1) is 13.6. The van der Waals surface area contributed by atoms with E-state index in [2.05, 4.69) is 22.4 Å². The highest BCUT2D eigenvalue weighted by molar-refractivity contribution is 6.04. The molecular weight excluding hydrogens is 273 g/mol. The number of phenolic OH excluding ortho intramolecular Hbond substituents is 1. The van der Waals surface area contributed by atoms with Crippen LogP contribution in [0.4, 0.5) is 10.1 Å².